The first-order valence-electron chi connectivity index (χ1n) is 3.61. The van der Waals surface area contributed by atoms with Gasteiger partial charge in [0.2, 0.25) is 0 Å². The van der Waals surface area contributed by atoms with Crippen LogP contribution in [0.1, 0.15) is 15.9 Å². The van der Waals surface area contributed by atoms with Gasteiger partial charge in [0.25, 0.3) is 0 Å². The number of alkyl halides is 1. The second kappa shape index (κ2) is 4.07. The summed E-state index contributed by atoms with van der Waals surface area (Å²) in [7, 11) is 0. The molecule has 0 heterocycles. The van der Waals surface area contributed by atoms with Crippen LogP contribution in [-0.2, 0) is 0 Å². The second-order valence-corrected chi connectivity index (χ2v) is 3.34. The van der Waals surface area contributed by atoms with Gasteiger partial charge < -0.3 is 0 Å². The lowest BCUT2D eigenvalue weighted by molar-refractivity contribution is 0.101. The van der Waals surface area contributed by atoms with E-state index < -0.39 is 11.6 Å². The van der Waals surface area contributed by atoms with Crippen LogP contribution in [0.5, 0.6) is 0 Å². The van der Waals surface area contributed by atoms with Crippen LogP contribution in [0.3, 0.4) is 0 Å². The van der Waals surface area contributed by atoms with E-state index in [4.69, 9.17) is 23.2 Å². The first-order valence-corrected chi connectivity index (χ1v) is 4.52. The van der Waals surface area contributed by atoms with Gasteiger partial charge in [-0.3, -0.25) is 4.79 Å². The van der Waals surface area contributed by atoms with Crippen molar-refractivity contribution < 1.29 is 9.18 Å². The van der Waals surface area contributed by atoms with Gasteiger partial charge in [-0.1, -0.05) is 11.6 Å². The molecule has 0 saturated carbocycles. The number of benzene rings is 1. The van der Waals surface area contributed by atoms with Crippen molar-refractivity contribution in [3.05, 3.63) is 34.1 Å². The van der Waals surface area contributed by atoms with Crippen molar-refractivity contribution in [2.24, 2.45) is 0 Å². The zero-order valence-electron chi connectivity index (χ0n) is 6.90. The van der Waals surface area contributed by atoms with E-state index in [-0.39, 0.29) is 11.4 Å². The first-order chi connectivity index (χ1) is 6.06. The summed E-state index contributed by atoms with van der Waals surface area (Å²) < 4.78 is 13.3. The van der Waals surface area contributed by atoms with E-state index in [1.807, 2.05) is 0 Å². The molecule has 0 atom stereocenters. The summed E-state index contributed by atoms with van der Waals surface area (Å²) in [6.45, 7) is 1.55. The number of carbonyl (C=O) groups excluding carboxylic acids is 1. The quantitative estimate of drug-likeness (QED) is 0.553. The van der Waals surface area contributed by atoms with Crippen LogP contribution in [0, 0.1) is 12.7 Å². The summed E-state index contributed by atoms with van der Waals surface area (Å²) in [6, 6.07) is 2.75. The van der Waals surface area contributed by atoms with Gasteiger partial charge in [0.1, 0.15) is 5.82 Å². The number of carbonyl (C=O) groups is 1. The first kappa shape index (κ1) is 10.5. The third-order valence-electron chi connectivity index (χ3n) is 1.64. The molecule has 1 aromatic rings. The van der Waals surface area contributed by atoms with Crippen molar-refractivity contribution in [1.29, 1.82) is 0 Å². The van der Waals surface area contributed by atoms with Crippen molar-refractivity contribution in [3.8, 4) is 0 Å². The van der Waals surface area contributed by atoms with Crippen molar-refractivity contribution >= 4 is 29.0 Å². The molecule has 4 heteroatoms. The van der Waals surface area contributed by atoms with E-state index in [2.05, 4.69) is 0 Å². The third kappa shape index (κ3) is 2.20. The number of rotatable bonds is 2. The molecule has 0 radical (unpaired) electrons. The van der Waals surface area contributed by atoms with Gasteiger partial charge in [0.05, 0.1) is 11.4 Å². The maximum Gasteiger partial charge on any atom is 0.180 e. The molecular formula is C9H7Cl2FO. The summed E-state index contributed by atoms with van der Waals surface area (Å²) in [6.07, 6.45) is 0. The average molecular weight is 221 g/mol. The van der Waals surface area contributed by atoms with Gasteiger partial charge >= 0.3 is 0 Å². The van der Waals surface area contributed by atoms with Crippen LogP contribution in [0.25, 0.3) is 0 Å². The van der Waals surface area contributed by atoms with Crippen LogP contribution in [0.4, 0.5) is 4.39 Å². The summed E-state index contributed by atoms with van der Waals surface area (Å²) in [5.74, 6) is -1.24. The Kier molecular flexibility index (Phi) is 3.28. The Bertz CT molecular complexity index is 350. The fourth-order valence-electron chi connectivity index (χ4n) is 1.00. The van der Waals surface area contributed by atoms with Crippen LogP contribution < -0.4 is 0 Å². The number of aryl methyl sites for hydroxylation is 1. The van der Waals surface area contributed by atoms with Crippen molar-refractivity contribution in [1.82, 2.24) is 0 Å². The van der Waals surface area contributed by atoms with Crippen molar-refractivity contribution in [2.45, 2.75) is 6.92 Å². The number of halogens is 3. The Morgan fingerprint density at radius 3 is 2.69 bits per heavy atom. The maximum atomic E-state index is 13.3. The molecule has 0 spiro atoms. The summed E-state index contributed by atoms with van der Waals surface area (Å²) in [5, 5.41) is 0.340. The number of hydrogen-bond acceptors (Lipinski definition) is 1. The SMILES string of the molecule is Cc1cc(Cl)cc(C(=O)CCl)c1F. The van der Waals surface area contributed by atoms with E-state index in [9.17, 15) is 9.18 Å². The predicted octanol–water partition coefficient (Wildman–Crippen LogP) is 3.21. The predicted molar refractivity (Wildman–Crippen MR) is 51.2 cm³/mol. The van der Waals surface area contributed by atoms with Crippen molar-refractivity contribution in [3.63, 3.8) is 0 Å². The Morgan fingerprint density at radius 1 is 1.54 bits per heavy atom. The Hall–Kier alpha value is -0.600. The molecule has 0 aliphatic carbocycles. The van der Waals surface area contributed by atoms with E-state index in [1.165, 1.54) is 12.1 Å². The molecule has 0 N–H and O–H groups in total. The van der Waals surface area contributed by atoms with Crippen LogP contribution >= 0.6 is 23.2 Å². The Labute approximate surface area is 85.5 Å². The largest absolute Gasteiger partial charge is 0.293 e. The molecular weight excluding hydrogens is 214 g/mol. The molecule has 0 aliphatic heterocycles. The lowest BCUT2D eigenvalue weighted by Crippen LogP contribution is -2.05. The normalized spacial score (nSPS) is 10.2. The highest BCUT2D eigenvalue weighted by molar-refractivity contribution is 6.32. The topological polar surface area (TPSA) is 17.1 Å². The van der Waals surface area contributed by atoms with Crippen LogP contribution in [0.15, 0.2) is 12.1 Å². The number of hydrogen-bond donors (Lipinski definition) is 0. The van der Waals surface area contributed by atoms with Gasteiger partial charge in [-0.25, -0.2) is 4.39 Å². The molecule has 0 bridgehead atoms. The average Bonchev–Trinajstić information content (AvgIpc) is 2.10. The molecule has 1 rings (SSSR count). The van der Waals surface area contributed by atoms with E-state index in [0.29, 0.717) is 10.6 Å². The number of ketones is 1. The van der Waals surface area contributed by atoms with Gasteiger partial charge in [0, 0.05) is 5.02 Å². The molecule has 1 aromatic carbocycles. The highest BCUT2D eigenvalue weighted by atomic mass is 35.5. The van der Waals surface area contributed by atoms with Crippen LogP contribution in [0.2, 0.25) is 5.02 Å². The molecule has 0 fully saturated rings. The van der Waals surface area contributed by atoms with Crippen LogP contribution in [-0.4, -0.2) is 11.7 Å². The smallest absolute Gasteiger partial charge is 0.180 e. The molecule has 0 amide bonds. The minimum Gasteiger partial charge on any atom is -0.293 e. The highest BCUT2D eigenvalue weighted by Crippen LogP contribution is 2.19. The zero-order chi connectivity index (χ0) is 10.0. The maximum absolute atomic E-state index is 13.3. The lowest BCUT2D eigenvalue weighted by Gasteiger charge is -2.03. The fourth-order valence-corrected chi connectivity index (χ4v) is 1.42. The molecule has 0 aromatic heterocycles. The number of Topliss-reactive ketones (excluding diaryl/α,β-unsaturated/α-hetero) is 1. The molecule has 0 unspecified atom stereocenters. The second-order valence-electron chi connectivity index (χ2n) is 2.64. The van der Waals surface area contributed by atoms with Gasteiger partial charge in [0.15, 0.2) is 5.78 Å². The molecule has 0 saturated heterocycles. The standard InChI is InChI=1S/C9H7Cl2FO/c1-5-2-6(11)3-7(9(5)12)8(13)4-10/h2-3H,4H2,1H3. The summed E-state index contributed by atoms with van der Waals surface area (Å²) in [5.41, 5.74) is 0.306. The summed E-state index contributed by atoms with van der Waals surface area (Å²) in [4.78, 5) is 11.1. The Balaban J connectivity index is 3.28. The fraction of sp³-hybridized carbons (Fsp3) is 0.222. The molecule has 13 heavy (non-hydrogen) atoms. The monoisotopic (exact) mass is 220 g/mol. The lowest BCUT2D eigenvalue weighted by atomic mass is 10.1. The Morgan fingerprint density at radius 2 is 2.15 bits per heavy atom. The van der Waals surface area contributed by atoms with E-state index >= 15 is 0 Å². The van der Waals surface area contributed by atoms with Gasteiger partial charge in [-0.2, -0.15) is 0 Å². The van der Waals surface area contributed by atoms with Crippen molar-refractivity contribution in [2.75, 3.05) is 5.88 Å². The minimum atomic E-state index is -0.546. The van der Waals surface area contributed by atoms with Gasteiger partial charge in [-0.05, 0) is 24.6 Å². The third-order valence-corrected chi connectivity index (χ3v) is 2.10. The zero-order valence-corrected chi connectivity index (χ0v) is 8.42. The van der Waals surface area contributed by atoms with E-state index in [0.717, 1.165) is 0 Å². The molecule has 70 valence electrons. The summed E-state index contributed by atoms with van der Waals surface area (Å²) >= 11 is 11.0. The van der Waals surface area contributed by atoms with E-state index in [1.54, 1.807) is 6.92 Å². The minimum absolute atomic E-state index is 0.0417. The molecule has 1 nitrogen and oxygen atoms in total. The molecule has 0 aliphatic rings. The van der Waals surface area contributed by atoms with Gasteiger partial charge in [-0.15, -0.1) is 11.6 Å². The highest BCUT2D eigenvalue weighted by Gasteiger charge is 2.13.